The maximum absolute atomic E-state index is 6.07. The Bertz CT molecular complexity index is 571. The molecule has 0 amide bonds. The first kappa shape index (κ1) is 12.9. The van der Waals surface area contributed by atoms with Crippen LogP contribution in [-0.4, -0.2) is 6.61 Å². The predicted octanol–water partition coefficient (Wildman–Crippen LogP) is 4.86. The Morgan fingerprint density at radius 1 is 0.950 bits per heavy atom. The minimum absolute atomic E-state index is 0.0577. The highest BCUT2D eigenvalue weighted by molar-refractivity contribution is 5.51. The van der Waals surface area contributed by atoms with Gasteiger partial charge in [0.15, 0.2) is 0 Å². The number of para-hydroxylation sites is 2. The van der Waals surface area contributed by atoms with Crippen LogP contribution in [0, 0.1) is 0 Å². The van der Waals surface area contributed by atoms with Crippen molar-refractivity contribution in [3.05, 3.63) is 71.8 Å². The second-order valence-electron chi connectivity index (χ2n) is 4.77. The lowest BCUT2D eigenvalue weighted by molar-refractivity contribution is 0.0959. The number of fused-ring (bicyclic) bond motifs is 2. The molecule has 0 N–H and O–H groups in total. The van der Waals surface area contributed by atoms with Crippen LogP contribution in [0.25, 0.3) is 0 Å². The van der Waals surface area contributed by atoms with E-state index in [2.05, 4.69) is 31.2 Å². The Labute approximate surface area is 119 Å². The van der Waals surface area contributed by atoms with Gasteiger partial charge < -0.3 is 9.47 Å². The van der Waals surface area contributed by atoms with E-state index in [9.17, 15) is 0 Å². The van der Waals surface area contributed by atoms with E-state index < -0.39 is 0 Å². The van der Waals surface area contributed by atoms with Crippen LogP contribution >= 0.6 is 0 Å². The summed E-state index contributed by atoms with van der Waals surface area (Å²) in [5.74, 6) is 1.77. The Hall–Kier alpha value is -2.06. The monoisotopic (exact) mass is 266 g/mol. The van der Waals surface area contributed by atoms with Gasteiger partial charge in [-0.15, -0.1) is 0 Å². The van der Waals surface area contributed by atoms with Crippen molar-refractivity contribution in [2.24, 2.45) is 0 Å². The SMILES string of the molecule is CCC=CCOC1c2ccccc2Oc2ccccc21. The molecular weight excluding hydrogens is 248 g/mol. The number of allylic oxidation sites excluding steroid dienone is 1. The maximum Gasteiger partial charge on any atom is 0.133 e. The molecule has 0 spiro atoms. The van der Waals surface area contributed by atoms with E-state index in [4.69, 9.17) is 9.47 Å². The van der Waals surface area contributed by atoms with E-state index >= 15 is 0 Å². The van der Waals surface area contributed by atoms with Crippen molar-refractivity contribution in [3.8, 4) is 11.5 Å². The standard InChI is InChI=1S/C18H18O2/c1-2-3-8-13-19-18-14-9-4-6-11-16(14)20-17-12-7-5-10-15(17)18/h3-12,18H,2,13H2,1H3. The molecule has 0 radical (unpaired) electrons. The van der Waals surface area contributed by atoms with E-state index in [0.29, 0.717) is 6.61 Å². The van der Waals surface area contributed by atoms with Gasteiger partial charge in [0.1, 0.15) is 17.6 Å². The van der Waals surface area contributed by atoms with Crippen molar-refractivity contribution in [2.75, 3.05) is 6.61 Å². The predicted molar refractivity (Wildman–Crippen MR) is 80.2 cm³/mol. The van der Waals surface area contributed by atoms with Crippen molar-refractivity contribution in [2.45, 2.75) is 19.4 Å². The Kier molecular flexibility index (Phi) is 3.84. The van der Waals surface area contributed by atoms with Gasteiger partial charge in [0.05, 0.1) is 6.61 Å². The van der Waals surface area contributed by atoms with Crippen LogP contribution in [0.2, 0.25) is 0 Å². The average molecular weight is 266 g/mol. The molecule has 0 saturated heterocycles. The number of hydrogen-bond donors (Lipinski definition) is 0. The Morgan fingerprint density at radius 2 is 1.55 bits per heavy atom. The molecule has 1 aliphatic rings. The van der Waals surface area contributed by atoms with Crippen molar-refractivity contribution in [1.29, 1.82) is 0 Å². The fourth-order valence-corrected chi connectivity index (χ4v) is 2.43. The summed E-state index contributed by atoms with van der Waals surface area (Å²) < 4.78 is 12.0. The summed E-state index contributed by atoms with van der Waals surface area (Å²) in [4.78, 5) is 0. The smallest absolute Gasteiger partial charge is 0.133 e. The molecule has 3 rings (SSSR count). The van der Waals surface area contributed by atoms with Gasteiger partial charge in [-0.1, -0.05) is 55.5 Å². The van der Waals surface area contributed by atoms with Gasteiger partial charge in [-0.2, -0.15) is 0 Å². The molecular formula is C18H18O2. The van der Waals surface area contributed by atoms with Gasteiger partial charge in [0, 0.05) is 11.1 Å². The number of hydrogen-bond acceptors (Lipinski definition) is 2. The minimum atomic E-state index is -0.0577. The summed E-state index contributed by atoms with van der Waals surface area (Å²) in [6.45, 7) is 2.73. The highest BCUT2D eigenvalue weighted by atomic mass is 16.5. The minimum Gasteiger partial charge on any atom is -0.457 e. The lowest BCUT2D eigenvalue weighted by Crippen LogP contribution is -2.13. The maximum atomic E-state index is 6.07. The molecule has 0 fully saturated rings. The first-order valence-corrected chi connectivity index (χ1v) is 7.02. The van der Waals surface area contributed by atoms with E-state index in [0.717, 1.165) is 29.0 Å². The van der Waals surface area contributed by atoms with Gasteiger partial charge in [-0.05, 0) is 18.6 Å². The largest absolute Gasteiger partial charge is 0.457 e. The third-order valence-electron chi connectivity index (χ3n) is 3.38. The molecule has 1 heterocycles. The number of rotatable bonds is 4. The molecule has 0 unspecified atom stereocenters. The van der Waals surface area contributed by atoms with Gasteiger partial charge in [-0.3, -0.25) is 0 Å². The fourth-order valence-electron chi connectivity index (χ4n) is 2.43. The molecule has 2 aromatic rings. The second-order valence-corrected chi connectivity index (χ2v) is 4.77. The number of benzene rings is 2. The lowest BCUT2D eigenvalue weighted by Gasteiger charge is -2.27. The van der Waals surface area contributed by atoms with E-state index in [-0.39, 0.29) is 6.10 Å². The summed E-state index contributed by atoms with van der Waals surface area (Å²) >= 11 is 0. The molecule has 2 nitrogen and oxygen atoms in total. The zero-order valence-corrected chi connectivity index (χ0v) is 11.6. The molecule has 0 aromatic heterocycles. The van der Waals surface area contributed by atoms with Crippen LogP contribution in [0.1, 0.15) is 30.6 Å². The third kappa shape index (κ3) is 2.47. The first-order chi connectivity index (χ1) is 9.90. The van der Waals surface area contributed by atoms with E-state index in [1.165, 1.54) is 0 Å². The highest BCUT2D eigenvalue weighted by Gasteiger charge is 2.26. The molecule has 1 aliphatic heterocycles. The molecule has 2 aromatic carbocycles. The lowest BCUT2D eigenvalue weighted by atomic mass is 9.97. The van der Waals surface area contributed by atoms with Gasteiger partial charge in [0.2, 0.25) is 0 Å². The average Bonchev–Trinajstić information content (AvgIpc) is 2.50. The first-order valence-electron chi connectivity index (χ1n) is 7.02. The van der Waals surface area contributed by atoms with Gasteiger partial charge in [-0.25, -0.2) is 0 Å². The van der Waals surface area contributed by atoms with Crippen molar-refractivity contribution < 1.29 is 9.47 Å². The van der Waals surface area contributed by atoms with Gasteiger partial charge >= 0.3 is 0 Å². The van der Waals surface area contributed by atoms with Crippen molar-refractivity contribution >= 4 is 0 Å². The summed E-state index contributed by atoms with van der Waals surface area (Å²) in [5, 5.41) is 0. The van der Waals surface area contributed by atoms with Crippen molar-refractivity contribution in [3.63, 3.8) is 0 Å². The van der Waals surface area contributed by atoms with E-state index in [1.54, 1.807) is 0 Å². The zero-order chi connectivity index (χ0) is 13.8. The molecule has 0 saturated carbocycles. The fraction of sp³-hybridized carbons (Fsp3) is 0.222. The van der Waals surface area contributed by atoms with Crippen LogP contribution in [0.5, 0.6) is 11.5 Å². The molecule has 102 valence electrons. The zero-order valence-electron chi connectivity index (χ0n) is 11.6. The summed E-state index contributed by atoms with van der Waals surface area (Å²) in [6.07, 6.45) is 5.17. The van der Waals surface area contributed by atoms with Gasteiger partial charge in [0.25, 0.3) is 0 Å². The molecule has 0 aliphatic carbocycles. The van der Waals surface area contributed by atoms with Crippen molar-refractivity contribution in [1.82, 2.24) is 0 Å². The summed E-state index contributed by atoms with van der Waals surface area (Å²) in [5.41, 5.74) is 2.19. The van der Waals surface area contributed by atoms with Crippen LogP contribution in [0.3, 0.4) is 0 Å². The number of ether oxygens (including phenoxy) is 2. The molecule has 20 heavy (non-hydrogen) atoms. The van der Waals surface area contributed by atoms with E-state index in [1.807, 2.05) is 36.4 Å². The quantitative estimate of drug-likeness (QED) is 0.735. The third-order valence-corrected chi connectivity index (χ3v) is 3.38. The van der Waals surface area contributed by atoms with Crippen LogP contribution in [0.15, 0.2) is 60.7 Å². The highest BCUT2D eigenvalue weighted by Crippen LogP contribution is 2.44. The normalized spacial score (nSPS) is 13.8. The Morgan fingerprint density at radius 3 is 2.15 bits per heavy atom. The topological polar surface area (TPSA) is 18.5 Å². The Balaban J connectivity index is 1.93. The summed E-state index contributed by atoms with van der Waals surface area (Å²) in [6, 6.07) is 16.1. The van der Waals surface area contributed by atoms with Crippen LogP contribution in [0.4, 0.5) is 0 Å². The molecule has 0 atom stereocenters. The molecule has 2 heteroatoms. The molecule has 0 bridgehead atoms. The van der Waals surface area contributed by atoms with Crippen LogP contribution in [-0.2, 0) is 4.74 Å². The second kappa shape index (κ2) is 5.93. The van der Waals surface area contributed by atoms with Crippen LogP contribution < -0.4 is 4.74 Å². The summed E-state index contributed by atoms with van der Waals surface area (Å²) in [7, 11) is 0.